The van der Waals surface area contributed by atoms with Crippen molar-refractivity contribution in [3.63, 3.8) is 0 Å². The van der Waals surface area contributed by atoms with Crippen LogP contribution < -0.4 is 10.6 Å². The van der Waals surface area contributed by atoms with Crippen molar-refractivity contribution in [3.05, 3.63) is 34.9 Å². The Hall–Kier alpha value is -1.35. The van der Waals surface area contributed by atoms with Gasteiger partial charge in [-0.25, -0.2) is 0 Å². The third-order valence-corrected chi connectivity index (χ3v) is 3.97. The van der Waals surface area contributed by atoms with Crippen LogP contribution in [-0.4, -0.2) is 25.5 Å². The van der Waals surface area contributed by atoms with Gasteiger partial charge < -0.3 is 10.6 Å². The van der Waals surface area contributed by atoms with Crippen LogP contribution in [0.5, 0.6) is 0 Å². The van der Waals surface area contributed by atoms with E-state index in [1.807, 2.05) is 26.0 Å². The van der Waals surface area contributed by atoms with Crippen LogP contribution in [0.25, 0.3) is 0 Å². The van der Waals surface area contributed by atoms with Crippen LogP contribution in [0.4, 0.5) is 0 Å². The van der Waals surface area contributed by atoms with Crippen molar-refractivity contribution in [1.82, 2.24) is 10.6 Å². The predicted molar refractivity (Wildman–Crippen MR) is 78.5 cm³/mol. The van der Waals surface area contributed by atoms with Crippen LogP contribution in [0, 0.1) is 19.3 Å². The molecule has 1 heterocycles. The average Bonchev–Trinajstić information content (AvgIpc) is 2.36. The van der Waals surface area contributed by atoms with E-state index in [-0.39, 0.29) is 11.3 Å². The van der Waals surface area contributed by atoms with Crippen molar-refractivity contribution >= 4 is 5.91 Å². The first-order valence-corrected chi connectivity index (χ1v) is 7.06. The van der Waals surface area contributed by atoms with E-state index in [1.165, 1.54) is 0 Å². The zero-order valence-corrected chi connectivity index (χ0v) is 12.2. The molecule has 1 aromatic carbocycles. The van der Waals surface area contributed by atoms with Crippen LogP contribution in [0.2, 0.25) is 0 Å². The van der Waals surface area contributed by atoms with E-state index < -0.39 is 0 Å². The summed E-state index contributed by atoms with van der Waals surface area (Å²) in [7, 11) is 0. The monoisotopic (exact) mass is 260 g/mol. The lowest BCUT2D eigenvalue weighted by molar-refractivity contribution is 0.0922. The molecular formula is C16H24N2O. The number of rotatable bonds is 3. The van der Waals surface area contributed by atoms with E-state index in [9.17, 15) is 4.79 Å². The standard InChI is InChI=1S/C16H24N2O/c1-12-8-13(2)10-14(9-12)15(19)18-11-16(3)4-6-17-7-5-16/h8-10,17H,4-7,11H2,1-3H3,(H,18,19). The number of benzene rings is 1. The third kappa shape index (κ3) is 3.80. The number of hydrogen-bond acceptors (Lipinski definition) is 2. The van der Waals surface area contributed by atoms with E-state index >= 15 is 0 Å². The summed E-state index contributed by atoms with van der Waals surface area (Å²) >= 11 is 0. The molecule has 0 saturated carbocycles. The molecule has 19 heavy (non-hydrogen) atoms. The Balaban J connectivity index is 1.97. The Bertz CT molecular complexity index is 442. The second kappa shape index (κ2) is 5.74. The number of carbonyl (C=O) groups is 1. The third-order valence-electron chi connectivity index (χ3n) is 3.97. The van der Waals surface area contributed by atoms with Gasteiger partial charge in [0.25, 0.3) is 5.91 Å². The number of nitrogens with one attached hydrogen (secondary N) is 2. The highest BCUT2D eigenvalue weighted by atomic mass is 16.1. The van der Waals surface area contributed by atoms with Crippen LogP contribution in [-0.2, 0) is 0 Å². The van der Waals surface area contributed by atoms with Crippen LogP contribution >= 0.6 is 0 Å². The minimum atomic E-state index is 0.0477. The number of carbonyl (C=O) groups excluding carboxylic acids is 1. The average molecular weight is 260 g/mol. The van der Waals surface area contributed by atoms with Gasteiger partial charge in [0.2, 0.25) is 0 Å². The van der Waals surface area contributed by atoms with E-state index in [2.05, 4.69) is 23.6 Å². The maximum Gasteiger partial charge on any atom is 0.251 e. The van der Waals surface area contributed by atoms with Gasteiger partial charge in [0.05, 0.1) is 0 Å². The largest absolute Gasteiger partial charge is 0.351 e. The van der Waals surface area contributed by atoms with Gasteiger partial charge in [-0.3, -0.25) is 4.79 Å². The first-order valence-electron chi connectivity index (χ1n) is 7.06. The van der Waals surface area contributed by atoms with Gasteiger partial charge in [0.1, 0.15) is 0 Å². The Labute approximate surface area is 115 Å². The van der Waals surface area contributed by atoms with Crippen molar-refractivity contribution in [2.75, 3.05) is 19.6 Å². The van der Waals surface area contributed by atoms with Crippen LogP contribution in [0.3, 0.4) is 0 Å². The molecule has 3 heteroatoms. The molecule has 0 bridgehead atoms. The molecule has 1 aliphatic heterocycles. The number of amides is 1. The lowest BCUT2D eigenvalue weighted by Crippen LogP contribution is -2.42. The van der Waals surface area contributed by atoms with Crippen LogP contribution in [0.15, 0.2) is 18.2 Å². The minimum Gasteiger partial charge on any atom is -0.351 e. The fourth-order valence-corrected chi connectivity index (χ4v) is 2.71. The van der Waals surface area contributed by atoms with Gasteiger partial charge in [-0.2, -0.15) is 0 Å². The van der Waals surface area contributed by atoms with E-state index in [1.54, 1.807) is 0 Å². The molecule has 1 fully saturated rings. The van der Waals surface area contributed by atoms with Gasteiger partial charge in [0.15, 0.2) is 0 Å². The van der Waals surface area contributed by atoms with E-state index in [0.29, 0.717) is 0 Å². The van der Waals surface area contributed by atoms with Gasteiger partial charge in [-0.15, -0.1) is 0 Å². The molecule has 0 atom stereocenters. The molecule has 1 saturated heterocycles. The van der Waals surface area contributed by atoms with Crippen molar-refractivity contribution in [2.24, 2.45) is 5.41 Å². The highest BCUT2D eigenvalue weighted by Crippen LogP contribution is 2.26. The van der Waals surface area contributed by atoms with Crippen molar-refractivity contribution in [1.29, 1.82) is 0 Å². The SMILES string of the molecule is Cc1cc(C)cc(C(=O)NCC2(C)CCNCC2)c1. The fourth-order valence-electron chi connectivity index (χ4n) is 2.71. The molecule has 0 unspecified atom stereocenters. The lowest BCUT2D eigenvalue weighted by Gasteiger charge is -2.34. The molecule has 0 aliphatic carbocycles. The minimum absolute atomic E-state index is 0.0477. The number of hydrogen-bond donors (Lipinski definition) is 2. The maximum absolute atomic E-state index is 12.2. The molecule has 1 aliphatic rings. The summed E-state index contributed by atoms with van der Waals surface area (Å²) in [5, 5.41) is 6.46. The Kier molecular flexibility index (Phi) is 4.25. The maximum atomic E-state index is 12.2. The second-order valence-electron chi connectivity index (χ2n) is 6.12. The van der Waals surface area contributed by atoms with Gasteiger partial charge in [-0.05, 0) is 57.3 Å². The normalized spacial score (nSPS) is 18.1. The summed E-state index contributed by atoms with van der Waals surface area (Å²) in [5.41, 5.74) is 3.28. The number of piperidine rings is 1. The van der Waals surface area contributed by atoms with Gasteiger partial charge in [0, 0.05) is 12.1 Å². The van der Waals surface area contributed by atoms with E-state index in [0.717, 1.165) is 49.2 Å². The molecule has 0 aromatic heterocycles. The summed E-state index contributed by atoms with van der Waals surface area (Å²) in [4.78, 5) is 12.2. The van der Waals surface area contributed by atoms with Crippen molar-refractivity contribution < 1.29 is 4.79 Å². The van der Waals surface area contributed by atoms with E-state index in [4.69, 9.17) is 0 Å². The molecule has 0 radical (unpaired) electrons. The molecule has 3 nitrogen and oxygen atoms in total. The van der Waals surface area contributed by atoms with Crippen LogP contribution in [0.1, 0.15) is 41.3 Å². The zero-order valence-electron chi connectivity index (χ0n) is 12.2. The molecule has 104 valence electrons. The molecular weight excluding hydrogens is 236 g/mol. The summed E-state index contributed by atoms with van der Waals surface area (Å²) in [6, 6.07) is 5.99. The Morgan fingerprint density at radius 1 is 1.21 bits per heavy atom. The quantitative estimate of drug-likeness (QED) is 0.876. The highest BCUT2D eigenvalue weighted by molar-refractivity contribution is 5.94. The van der Waals surface area contributed by atoms with Crippen molar-refractivity contribution in [3.8, 4) is 0 Å². The fraction of sp³-hybridized carbons (Fsp3) is 0.562. The Morgan fingerprint density at radius 2 is 1.79 bits per heavy atom. The lowest BCUT2D eigenvalue weighted by atomic mass is 9.81. The molecule has 1 amide bonds. The second-order valence-corrected chi connectivity index (χ2v) is 6.12. The smallest absolute Gasteiger partial charge is 0.251 e. The van der Waals surface area contributed by atoms with Crippen molar-refractivity contribution in [2.45, 2.75) is 33.6 Å². The predicted octanol–water partition coefficient (Wildman–Crippen LogP) is 2.42. The van der Waals surface area contributed by atoms with Gasteiger partial charge in [-0.1, -0.05) is 24.1 Å². The molecule has 2 N–H and O–H groups in total. The summed E-state index contributed by atoms with van der Waals surface area (Å²) in [6.45, 7) is 9.18. The van der Waals surface area contributed by atoms with Gasteiger partial charge >= 0.3 is 0 Å². The first-order chi connectivity index (χ1) is 8.98. The Morgan fingerprint density at radius 3 is 2.37 bits per heavy atom. The number of aryl methyl sites for hydroxylation is 2. The molecule has 2 rings (SSSR count). The summed E-state index contributed by atoms with van der Waals surface area (Å²) < 4.78 is 0. The molecule has 0 spiro atoms. The zero-order chi connectivity index (χ0) is 13.9. The topological polar surface area (TPSA) is 41.1 Å². The highest BCUT2D eigenvalue weighted by Gasteiger charge is 2.27. The first kappa shape index (κ1) is 14.1. The summed E-state index contributed by atoms with van der Waals surface area (Å²) in [6.07, 6.45) is 2.25. The summed E-state index contributed by atoms with van der Waals surface area (Å²) in [5.74, 6) is 0.0477. The molecule has 1 aromatic rings.